The summed E-state index contributed by atoms with van der Waals surface area (Å²) in [6, 6.07) is 7.64. The van der Waals surface area contributed by atoms with Crippen molar-refractivity contribution in [1.82, 2.24) is 0 Å². The molecule has 0 aromatic heterocycles. The first-order chi connectivity index (χ1) is 7.00. The maximum absolute atomic E-state index is 10.6. The Morgan fingerprint density at radius 3 is 2.67 bits per heavy atom. The number of nitrogens with two attached hydrogens (primary N) is 1. The summed E-state index contributed by atoms with van der Waals surface area (Å²) < 4.78 is 5.49. The van der Waals surface area contributed by atoms with E-state index in [-0.39, 0.29) is 0 Å². The summed E-state index contributed by atoms with van der Waals surface area (Å²) in [6.45, 7) is 2.24. The van der Waals surface area contributed by atoms with Gasteiger partial charge in [-0.3, -0.25) is 0 Å². The van der Waals surface area contributed by atoms with E-state index in [1.54, 1.807) is 6.07 Å². The second-order valence-corrected chi connectivity index (χ2v) is 14.0. The topological polar surface area (TPSA) is 52.3 Å². The molecule has 1 amide bonds. The van der Waals surface area contributed by atoms with Gasteiger partial charge in [0.2, 0.25) is 0 Å². The van der Waals surface area contributed by atoms with Crippen LogP contribution >= 0.6 is 0 Å². The van der Waals surface area contributed by atoms with Gasteiger partial charge < -0.3 is 0 Å². The van der Waals surface area contributed by atoms with Crippen LogP contribution < -0.4 is 10.5 Å². The van der Waals surface area contributed by atoms with Crippen molar-refractivity contribution < 1.29 is 9.53 Å². The molecule has 0 aliphatic carbocycles. The number of carbonyl (C=O) groups is 1. The van der Waals surface area contributed by atoms with E-state index in [1.807, 2.05) is 12.1 Å². The van der Waals surface area contributed by atoms with E-state index in [4.69, 9.17) is 10.5 Å². The number of carbonyl (C=O) groups excluding carboxylic acids is 1. The molecule has 4 heteroatoms. The molecule has 1 aromatic rings. The van der Waals surface area contributed by atoms with E-state index >= 15 is 0 Å². The van der Waals surface area contributed by atoms with Crippen molar-refractivity contribution in [3.63, 3.8) is 0 Å². The van der Waals surface area contributed by atoms with Gasteiger partial charge >= 0.3 is 97.4 Å². The van der Waals surface area contributed by atoms with Gasteiger partial charge in [-0.15, -0.1) is 0 Å². The summed E-state index contributed by atoms with van der Waals surface area (Å²) in [5.74, 6) is 0.541. The second kappa shape index (κ2) is 5.39. The minimum atomic E-state index is -1.37. The van der Waals surface area contributed by atoms with Crippen molar-refractivity contribution in [1.29, 1.82) is 0 Å². The average Bonchev–Trinajstić information content (AvgIpc) is 2.16. The summed E-state index contributed by atoms with van der Waals surface area (Å²) >= 11 is -1.37. The SMILES string of the molecule is C[CH](c1cccc(OC(N)=O)c1)[SnH]([CH3])[CH3]. The summed E-state index contributed by atoms with van der Waals surface area (Å²) in [5, 5.41) is 0. The normalized spacial score (nSPS) is 12.5. The molecule has 0 spiro atoms. The van der Waals surface area contributed by atoms with Crippen LogP contribution in [0.3, 0.4) is 0 Å². The monoisotopic (exact) mass is 315 g/mol. The van der Waals surface area contributed by atoms with Crippen molar-refractivity contribution in [3.05, 3.63) is 29.8 Å². The van der Waals surface area contributed by atoms with Crippen LogP contribution in [0.25, 0.3) is 0 Å². The number of benzene rings is 1. The van der Waals surface area contributed by atoms with E-state index < -0.39 is 25.9 Å². The molecule has 1 rings (SSSR count). The first-order valence-corrected chi connectivity index (χ1v) is 13.6. The number of primary amides is 1. The van der Waals surface area contributed by atoms with Crippen LogP contribution in [-0.2, 0) is 0 Å². The zero-order valence-electron chi connectivity index (χ0n) is 9.36. The van der Waals surface area contributed by atoms with Crippen molar-refractivity contribution in [2.75, 3.05) is 0 Å². The quantitative estimate of drug-likeness (QED) is 0.870. The van der Waals surface area contributed by atoms with Gasteiger partial charge in [-0.2, -0.15) is 0 Å². The van der Waals surface area contributed by atoms with Crippen molar-refractivity contribution in [2.45, 2.75) is 20.7 Å². The van der Waals surface area contributed by atoms with Crippen LogP contribution in [0.15, 0.2) is 24.3 Å². The van der Waals surface area contributed by atoms with Crippen LogP contribution in [-0.4, -0.2) is 25.9 Å². The van der Waals surface area contributed by atoms with Crippen molar-refractivity contribution >= 4 is 25.9 Å². The Morgan fingerprint density at radius 2 is 2.13 bits per heavy atom. The van der Waals surface area contributed by atoms with Crippen LogP contribution in [0.1, 0.15) is 16.4 Å². The van der Waals surface area contributed by atoms with Gasteiger partial charge in [0.25, 0.3) is 0 Å². The third-order valence-electron chi connectivity index (χ3n) is 2.60. The molecule has 82 valence electrons. The van der Waals surface area contributed by atoms with Crippen molar-refractivity contribution in [3.8, 4) is 5.75 Å². The molecule has 1 unspecified atom stereocenters. The second-order valence-electron chi connectivity index (χ2n) is 4.03. The molecule has 0 aliphatic rings. The summed E-state index contributed by atoms with van der Waals surface area (Å²) in [5.41, 5.74) is 6.21. The predicted molar refractivity (Wildman–Crippen MR) is 63.9 cm³/mol. The molecule has 2 N–H and O–H groups in total. The Hall–Kier alpha value is -0.711. The summed E-state index contributed by atoms with van der Waals surface area (Å²) in [4.78, 5) is 15.3. The Morgan fingerprint density at radius 1 is 1.47 bits per heavy atom. The van der Waals surface area contributed by atoms with Crippen LogP contribution in [0.2, 0.25) is 9.88 Å². The number of amides is 1. The third kappa shape index (κ3) is 3.74. The number of rotatable bonds is 3. The van der Waals surface area contributed by atoms with Gasteiger partial charge in [-0.25, -0.2) is 0 Å². The van der Waals surface area contributed by atoms with Crippen LogP contribution in [0.5, 0.6) is 5.75 Å². The summed E-state index contributed by atoms with van der Waals surface area (Å²) in [7, 11) is 0. The first-order valence-electron chi connectivity index (χ1n) is 5.08. The molecular weight excluding hydrogens is 297 g/mol. The standard InChI is InChI=1S/C9H10NO2.2CH3.Sn.H/c1-2-7-4-3-5-8(6-7)12-9(10)11;;;;/h2-6H,1H3,(H2,10,11);2*1H3;;. The molecular formula is C11H17NO2Sn. The van der Waals surface area contributed by atoms with Crippen molar-refractivity contribution in [2.24, 2.45) is 5.73 Å². The van der Waals surface area contributed by atoms with Gasteiger partial charge in [-0.05, 0) is 0 Å². The van der Waals surface area contributed by atoms with Gasteiger partial charge in [0.05, 0.1) is 0 Å². The number of hydrogen-bond donors (Lipinski definition) is 1. The van der Waals surface area contributed by atoms with Crippen LogP contribution in [0, 0.1) is 0 Å². The Kier molecular flexibility index (Phi) is 4.44. The first kappa shape index (κ1) is 12.4. The molecule has 15 heavy (non-hydrogen) atoms. The van der Waals surface area contributed by atoms with E-state index in [0.29, 0.717) is 9.68 Å². The number of hydrogen-bond acceptors (Lipinski definition) is 2. The Labute approximate surface area is 97.4 Å². The minimum absolute atomic E-state index is 0.541. The molecule has 0 saturated heterocycles. The molecule has 1 atom stereocenters. The fourth-order valence-corrected chi connectivity index (χ4v) is 4.15. The molecule has 3 nitrogen and oxygen atoms in total. The zero-order chi connectivity index (χ0) is 11.4. The molecule has 1 aromatic carbocycles. The molecule has 0 saturated carbocycles. The van der Waals surface area contributed by atoms with Crippen LogP contribution in [0.4, 0.5) is 4.79 Å². The number of ether oxygens (including phenoxy) is 1. The van der Waals surface area contributed by atoms with E-state index in [0.717, 1.165) is 0 Å². The molecule has 0 fully saturated rings. The average molecular weight is 314 g/mol. The van der Waals surface area contributed by atoms with Gasteiger partial charge in [0, 0.05) is 0 Å². The van der Waals surface area contributed by atoms with Gasteiger partial charge in [0.1, 0.15) is 0 Å². The molecule has 0 radical (unpaired) electrons. The van der Waals surface area contributed by atoms with E-state index in [1.165, 1.54) is 5.56 Å². The van der Waals surface area contributed by atoms with Gasteiger partial charge in [0.15, 0.2) is 0 Å². The molecule has 0 aliphatic heterocycles. The fraction of sp³-hybridized carbons (Fsp3) is 0.364. The Balaban J connectivity index is 2.87. The van der Waals surface area contributed by atoms with Gasteiger partial charge in [-0.1, -0.05) is 0 Å². The predicted octanol–water partition coefficient (Wildman–Crippen LogP) is 2.27. The molecule has 0 heterocycles. The Bertz CT molecular complexity index is 352. The third-order valence-corrected chi connectivity index (χ3v) is 9.41. The molecule has 0 bridgehead atoms. The van der Waals surface area contributed by atoms with E-state index in [2.05, 4.69) is 22.9 Å². The summed E-state index contributed by atoms with van der Waals surface area (Å²) in [6.07, 6.45) is -0.757. The fourth-order valence-electron chi connectivity index (χ4n) is 1.36. The van der Waals surface area contributed by atoms with E-state index in [9.17, 15) is 4.79 Å². The maximum atomic E-state index is 10.6. The zero-order valence-corrected chi connectivity index (χ0v) is 12.7.